The van der Waals surface area contributed by atoms with Crippen molar-refractivity contribution in [3.63, 3.8) is 0 Å². The molecule has 26 heavy (non-hydrogen) atoms. The third kappa shape index (κ3) is 4.70. The first-order chi connectivity index (χ1) is 12.7. The minimum absolute atomic E-state index is 0.668. The van der Waals surface area contributed by atoms with E-state index in [4.69, 9.17) is 4.74 Å². The number of ether oxygens (including phenoxy) is 1. The van der Waals surface area contributed by atoms with Gasteiger partial charge in [-0.25, -0.2) is 9.97 Å². The number of aromatic nitrogens is 2. The van der Waals surface area contributed by atoms with E-state index in [1.165, 1.54) is 4.88 Å². The Morgan fingerprint density at radius 3 is 2.73 bits per heavy atom. The van der Waals surface area contributed by atoms with E-state index in [2.05, 4.69) is 36.6 Å². The molecule has 0 aromatic carbocycles. The molecule has 0 saturated carbocycles. The van der Waals surface area contributed by atoms with Crippen molar-refractivity contribution in [1.82, 2.24) is 20.6 Å². The monoisotopic (exact) mass is 374 g/mol. The van der Waals surface area contributed by atoms with Crippen LogP contribution in [0.2, 0.25) is 0 Å². The summed E-state index contributed by atoms with van der Waals surface area (Å²) in [6, 6.07) is 4.08. The SMILES string of the molecule is CN=C(NCc1cccnc1N1CCOCC1)NCc1sc(C)nc1C. The first-order valence-corrected chi connectivity index (χ1v) is 9.63. The quantitative estimate of drug-likeness (QED) is 0.615. The molecule has 0 unspecified atom stereocenters. The molecule has 2 aromatic rings. The summed E-state index contributed by atoms with van der Waals surface area (Å²) in [6.45, 7) is 8.72. The minimum atomic E-state index is 0.668. The molecule has 1 saturated heterocycles. The summed E-state index contributed by atoms with van der Waals surface area (Å²) in [7, 11) is 1.78. The lowest BCUT2D eigenvalue weighted by atomic mass is 10.2. The molecule has 0 bridgehead atoms. The van der Waals surface area contributed by atoms with Crippen molar-refractivity contribution in [2.24, 2.45) is 4.99 Å². The second-order valence-corrected chi connectivity index (χ2v) is 7.39. The van der Waals surface area contributed by atoms with Crippen molar-refractivity contribution in [1.29, 1.82) is 0 Å². The first kappa shape index (κ1) is 18.6. The van der Waals surface area contributed by atoms with Crippen molar-refractivity contribution in [3.05, 3.63) is 39.5 Å². The number of aliphatic imine (C=N–C) groups is 1. The van der Waals surface area contributed by atoms with Gasteiger partial charge in [0.2, 0.25) is 0 Å². The van der Waals surface area contributed by atoms with E-state index in [9.17, 15) is 0 Å². The molecule has 1 fully saturated rings. The van der Waals surface area contributed by atoms with Crippen LogP contribution in [0.4, 0.5) is 5.82 Å². The number of hydrogen-bond donors (Lipinski definition) is 2. The number of morpholine rings is 1. The number of aryl methyl sites for hydroxylation is 2. The third-order valence-corrected chi connectivity index (χ3v) is 5.34. The Hall–Kier alpha value is -2.19. The molecule has 0 amide bonds. The van der Waals surface area contributed by atoms with Crippen LogP contribution in [-0.2, 0) is 17.8 Å². The fourth-order valence-corrected chi connectivity index (χ4v) is 3.81. The summed E-state index contributed by atoms with van der Waals surface area (Å²) < 4.78 is 5.44. The molecule has 0 atom stereocenters. The highest BCUT2D eigenvalue weighted by Gasteiger charge is 2.16. The number of rotatable bonds is 5. The fraction of sp³-hybridized carbons (Fsp3) is 0.500. The van der Waals surface area contributed by atoms with Crippen LogP contribution in [0.5, 0.6) is 0 Å². The van der Waals surface area contributed by atoms with E-state index in [-0.39, 0.29) is 0 Å². The number of anilines is 1. The van der Waals surface area contributed by atoms with Crippen LogP contribution in [0.3, 0.4) is 0 Å². The number of hydrogen-bond acceptors (Lipinski definition) is 6. The van der Waals surface area contributed by atoms with Crippen LogP contribution < -0.4 is 15.5 Å². The number of pyridine rings is 1. The molecule has 3 rings (SSSR count). The second kappa shape index (κ2) is 8.95. The van der Waals surface area contributed by atoms with E-state index in [0.29, 0.717) is 6.54 Å². The molecule has 2 N–H and O–H groups in total. The standard InChI is InChI=1S/C18H26N6OS/c1-13-16(26-14(2)23-13)12-22-18(19-3)21-11-15-5-4-6-20-17(15)24-7-9-25-10-8-24/h4-6H,7-12H2,1-3H3,(H2,19,21,22). The molecular formula is C18H26N6OS. The Kier molecular flexibility index (Phi) is 6.40. The van der Waals surface area contributed by atoms with Gasteiger partial charge >= 0.3 is 0 Å². The lowest BCUT2D eigenvalue weighted by Crippen LogP contribution is -2.39. The molecule has 0 aliphatic carbocycles. The number of nitrogens with one attached hydrogen (secondary N) is 2. The molecule has 1 aliphatic heterocycles. The Morgan fingerprint density at radius 2 is 2.04 bits per heavy atom. The molecule has 1 aliphatic rings. The Balaban J connectivity index is 1.59. The largest absolute Gasteiger partial charge is 0.378 e. The van der Waals surface area contributed by atoms with Crippen molar-refractivity contribution >= 4 is 23.1 Å². The zero-order valence-electron chi connectivity index (χ0n) is 15.6. The summed E-state index contributed by atoms with van der Waals surface area (Å²) in [4.78, 5) is 16.9. The van der Waals surface area contributed by atoms with E-state index >= 15 is 0 Å². The molecule has 3 heterocycles. The maximum Gasteiger partial charge on any atom is 0.191 e. The summed E-state index contributed by atoms with van der Waals surface area (Å²) in [5.41, 5.74) is 2.24. The molecule has 0 radical (unpaired) electrons. The lowest BCUT2D eigenvalue weighted by molar-refractivity contribution is 0.122. The van der Waals surface area contributed by atoms with E-state index in [1.807, 2.05) is 26.1 Å². The van der Waals surface area contributed by atoms with Crippen LogP contribution in [0.1, 0.15) is 21.1 Å². The highest BCUT2D eigenvalue weighted by Crippen LogP contribution is 2.18. The van der Waals surface area contributed by atoms with Gasteiger partial charge in [-0.1, -0.05) is 6.07 Å². The minimum Gasteiger partial charge on any atom is -0.378 e. The van der Waals surface area contributed by atoms with Crippen LogP contribution in [0.15, 0.2) is 23.3 Å². The smallest absolute Gasteiger partial charge is 0.191 e. The number of thiazole rings is 1. The van der Waals surface area contributed by atoms with Crippen molar-refractivity contribution < 1.29 is 4.74 Å². The van der Waals surface area contributed by atoms with Gasteiger partial charge in [-0.2, -0.15) is 0 Å². The molecular weight excluding hydrogens is 348 g/mol. The van der Waals surface area contributed by atoms with E-state index in [0.717, 1.165) is 60.9 Å². The molecule has 0 spiro atoms. The maximum atomic E-state index is 5.44. The van der Waals surface area contributed by atoms with Crippen LogP contribution >= 0.6 is 11.3 Å². The van der Waals surface area contributed by atoms with E-state index in [1.54, 1.807) is 18.4 Å². The summed E-state index contributed by atoms with van der Waals surface area (Å²) >= 11 is 1.72. The zero-order chi connectivity index (χ0) is 18.4. The van der Waals surface area contributed by atoms with E-state index < -0.39 is 0 Å². The van der Waals surface area contributed by atoms with Crippen LogP contribution in [0.25, 0.3) is 0 Å². The summed E-state index contributed by atoms with van der Waals surface area (Å²) in [5.74, 6) is 1.79. The predicted octanol–water partition coefficient (Wildman–Crippen LogP) is 1.86. The van der Waals surface area contributed by atoms with Gasteiger partial charge in [0.1, 0.15) is 5.82 Å². The number of guanidine groups is 1. The summed E-state index contributed by atoms with van der Waals surface area (Å²) in [6.07, 6.45) is 1.84. The van der Waals surface area contributed by atoms with Crippen molar-refractivity contribution in [3.8, 4) is 0 Å². The Bertz CT molecular complexity index is 754. The topological polar surface area (TPSA) is 74.7 Å². The van der Waals surface area contributed by atoms with Gasteiger partial charge in [0.25, 0.3) is 0 Å². The van der Waals surface area contributed by atoms with Gasteiger partial charge in [0, 0.05) is 43.3 Å². The van der Waals surface area contributed by atoms with Gasteiger partial charge < -0.3 is 20.3 Å². The first-order valence-electron chi connectivity index (χ1n) is 8.81. The number of nitrogens with zero attached hydrogens (tertiary/aromatic N) is 4. The zero-order valence-corrected chi connectivity index (χ0v) is 16.4. The van der Waals surface area contributed by atoms with Gasteiger partial charge in [-0.05, 0) is 19.9 Å². The molecule has 7 nitrogen and oxygen atoms in total. The third-order valence-electron chi connectivity index (χ3n) is 4.26. The van der Waals surface area contributed by atoms with Crippen molar-refractivity contribution in [2.45, 2.75) is 26.9 Å². The molecule has 8 heteroatoms. The average molecular weight is 375 g/mol. The predicted molar refractivity (Wildman–Crippen MR) is 106 cm³/mol. The Labute approximate surface area is 158 Å². The highest BCUT2D eigenvalue weighted by atomic mass is 32.1. The van der Waals surface area contributed by atoms with Gasteiger partial charge in [-0.3, -0.25) is 4.99 Å². The van der Waals surface area contributed by atoms with Crippen molar-refractivity contribution in [2.75, 3.05) is 38.3 Å². The molecule has 140 valence electrons. The molecule has 2 aromatic heterocycles. The lowest BCUT2D eigenvalue weighted by Gasteiger charge is -2.29. The van der Waals surface area contributed by atoms with Crippen LogP contribution in [0, 0.1) is 13.8 Å². The average Bonchev–Trinajstić information content (AvgIpc) is 3.00. The van der Waals surface area contributed by atoms with Gasteiger partial charge in [0.15, 0.2) is 5.96 Å². The highest BCUT2D eigenvalue weighted by molar-refractivity contribution is 7.11. The second-order valence-electron chi connectivity index (χ2n) is 6.11. The van der Waals surface area contributed by atoms with Crippen LogP contribution in [-0.4, -0.2) is 49.3 Å². The maximum absolute atomic E-state index is 5.44. The fourth-order valence-electron chi connectivity index (χ4n) is 2.93. The van der Waals surface area contributed by atoms with Gasteiger partial charge in [0.05, 0.1) is 30.5 Å². The van der Waals surface area contributed by atoms with Gasteiger partial charge in [-0.15, -0.1) is 11.3 Å². The Morgan fingerprint density at radius 1 is 1.27 bits per heavy atom. The normalized spacial score (nSPS) is 15.2. The summed E-state index contributed by atoms with van der Waals surface area (Å²) in [5, 5.41) is 7.84.